The molecule has 1 aromatic carbocycles. The van der Waals surface area contributed by atoms with E-state index in [9.17, 15) is 36.3 Å². The smallest absolute Gasteiger partial charge is 0.404 e. The fraction of sp³-hybridized carbons (Fsp3) is 0.467. The number of amides is 2. The molecular weight excluding hydrogens is 875 g/mol. The number of nitrogens with one attached hydrogen (secondary N) is 1. The standard InChI is InChI=1S/C45H56F6N10O3S/c1-8-27(4)41(55-28(5)9-2)53-23-30(10-3)31-11-12-33(35(46)19-31)34-18-32(34)15-16-59(25-62)38(17-29(21-52)22-54-43(47)48)42(64)56-44(6,7)24-60-37(20-39(58-60)45(49,50)51)36-13-14-40(63)61(26-65)57-36/h9-14,19-23,25,27,32,34,38,43,65H,8,15-18,24,26,52H2,1-7H3,(H,56,64)/b28-9-,29-21-,30-10+,53-23?,54-22+,55-41?/t27?,32-,34?,38?/m1/s1. The fourth-order valence-corrected chi connectivity index (χ4v) is 7.20. The monoisotopic (exact) mass is 930 g/mol. The molecule has 20 heteroatoms. The summed E-state index contributed by atoms with van der Waals surface area (Å²) in [6.07, 6.45) is 4.20. The third-order valence-electron chi connectivity index (χ3n) is 11.0. The number of aliphatic imine (C=N–C) groups is 3. The Morgan fingerprint density at radius 1 is 1.09 bits per heavy atom. The van der Waals surface area contributed by atoms with Crippen LogP contribution in [0.2, 0.25) is 0 Å². The third-order valence-corrected chi connectivity index (χ3v) is 11.3. The molecule has 2 aromatic heterocycles. The van der Waals surface area contributed by atoms with Crippen molar-refractivity contribution in [3.05, 3.63) is 99.0 Å². The Morgan fingerprint density at radius 3 is 2.40 bits per heavy atom. The summed E-state index contributed by atoms with van der Waals surface area (Å²) in [5.74, 6) is -0.817. The number of halogens is 6. The molecule has 1 aliphatic rings. The molecule has 0 radical (unpaired) electrons. The lowest BCUT2D eigenvalue weighted by molar-refractivity contribution is -0.141. The maximum Gasteiger partial charge on any atom is 0.435 e. The molecule has 1 aliphatic carbocycles. The van der Waals surface area contributed by atoms with Crippen molar-refractivity contribution in [1.82, 2.24) is 29.8 Å². The van der Waals surface area contributed by atoms with E-state index in [1.54, 1.807) is 12.3 Å². The predicted octanol–water partition coefficient (Wildman–Crippen LogP) is 8.44. The molecule has 3 N–H and O–H groups in total. The van der Waals surface area contributed by atoms with Crippen LogP contribution in [0, 0.1) is 17.7 Å². The minimum atomic E-state index is -4.86. The molecule has 2 heterocycles. The average Bonchev–Trinajstić information content (AvgIpc) is 3.90. The van der Waals surface area contributed by atoms with Gasteiger partial charge in [0.05, 0.1) is 23.7 Å². The molecule has 65 heavy (non-hydrogen) atoms. The van der Waals surface area contributed by atoms with Crippen molar-refractivity contribution >= 4 is 48.8 Å². The normalized spacial score (nSPS) is 17.6. The van der Waals surface area contributed by atoms with E-state index in [1.807, 2.05) is 45.9 Å². The van der Waals surface area contributed by atoms with Gasteiger partial charge in [0.2, 0.25) is 12.3 Å². The summed E-state index contributed by atoms with van der Waals surface area (Å²) in [4.78, 5) is 52.5. The van der Waals surface area contributed by atoms with Gasteiger partial charge in [0.1, 0.15) is 23.4 Å². The number of hydrogen-bond donors (Lipinski definition) is 3. The zero-order chi connectivity index (χ0) is 48.2. The van der Waals surface area contributed by atoms with E-state index in [2.05, 4.69) is 50.0 Å². The Kier molecular flexibility index (Phi) is 18.3. The van der Waals surface area contributed by atoms with Gasteiger partial charge in [-0.1, -0.05) is 38.1 Å². The quantitative estimate of drug-likeness (QED) is 0.0242. The lowest BCUT2D eigenvalue weighted by Gasteiger charge is -2.33. The molecule has 1 saturated carbocycles. The van der Waals surface area contributed by atoms with E-state index < -0.39 is 47.3 Å². The summed E-state index contributed by atoms with van der Waals surface area (Å²) in [6.45, 7) is 9.30. The lowest BCUT2D eigenvalue weighted by Crippen LogP contribution is -2.55. The Bertz CT molecular complexity index is 2400. The molecule has 0 bridgehead atoms. The number of carbonyl (C=O) groups is 2. The van der Waals surface area contributed by atoms with Gasteiger partial charge in [-0.2, -0.15) is 44.8 Å². The minimum absolute atomic E-state index is 0.00188. The number of thiol groups is 1. The second-order valence-corrected chi connectivity index (χ2v) is 16.6. The van der Waals surface area contributed by atoms with E-state index in [4.69, 9.17) is 5.73 Å². The summed E-state index contributed by atoms with van der Waals surface area (Å²) in [5.41, 5.74) is 5.10. The largest absolute Gasteiger partial charge is 0.435 e. The topological polar surface area (TPSA) is 165 Å². The van der Waals surface area contributed by atoms with Gasteiger partial charge in [-0.25, -0.2) is 24.0 Å². The number of nitrogens with two attached hydrogens (primary N) is 1. The summed E-state index contributed by atoms with van der Waals surface area (Å²) >= 11 is 4.05. The Hall–Kier alpha value is -5.79. The number of amidine groups is 1. The zero-order valence-corrected chi connectivity index (χ0v) is 38.3. The van der Waals surface area contributed by atoms with Crippen LogP contribution in [0.4, 0.5) is 26.3 Å². The molecule has 3 aromatic rings. The van der Waals surface area contributed by atoms with E-state index in [-0.39, 0.29) is 60.1 Å². The molecule has 4 atom stereocenters. The van der Waals surface area contributed by atoms with Gasteiger partial charge < -0.3 is 16.0 Å². The van der Waals surface area contributed by atoms with Crippen molar-refractivity contribution in [3.63, 3.8) is 0 Å². The van der Waals surface area contributed by atoms with Crippen molar-refractivity contribution in [2.45, 2.75) is 117 Å². The predicted molar refractivity (Wildman–Crippen MR) is 244 cm³/mol. The first-order valence-corrected chi connectivity index (χ1v) is 21.6. The Morgan fingerprint density at radius 2 is 1.82 bits per heavy atom. The molecule has 352 valence electrons. The third kappa shape index (κ3) is 14.4. The SMILES string of the molecule is C/C=C(/C)N=C(N=C/C(=C\C)c1ccc(C2C[C@H]2CCN(C=O)C(CC(=C/N)/C=N/C(F)F)C(=O)NC(C)(C)Cn2nc(C(F)(F)F)cc2-c2ccc(=O)n(CS)n2)c(F)c1)C(C)CC. The number of benzene rings is 1. The van der Waals surface area contributed by atoms with Gasteiger partial charge in [0.25, 0.3) is 5.56 Å². The highest BCUT2D eigenvalue weighted by Crippen LogP contribution is 2.50. The number of aromatic nitrogens is 4. The van der Waals surface area contributed by atoms with Gasteiger partial charge >= 0.3 is 12.7 Å². The lowest BCUT2D eigenvalue weighted by atomic mass is 10.00. The van der Waals surface area contributed by atoms with Gasteiger partial charge in [0.15, 0.2) is 5.69 Å². The number of carbonyl (C=O) groups excluding carboxylic acids is 2. The number of allylic oxidation sites excluding steroid dienone is 4. The second-order valence-electron chi connectivity index (χ2n) is 16.3. The molecule has 3 unspecified atom stereocenters. The maximum atomic E-state index is 15.8. The maximum absolute atomic E-state index is 15.8. The number of nitrogens with zero attached hydrogens (tertiary/aromatic N) is 8. The summed E-state index contributed by atoms with van der Waals surface area (Å²) < 4.78 is 85.6. The molecule has 0 aliphatic heterocycles. The van der Waals surface area contributed by atoms with Crippen molar-refractivity contribution < 1.29 is 35.9 Å². The zero-order valence-electron chi connectivity index (χ0n) is 37.4. The molecule has 4 rings (SSSR count). The highest BCUT2D eigenvalue weighted by molar-refractivity contribution is 7.79. The summed E-state index contributed by atoms with van der Waals surface area (Å²) in [5, 5.41) is 10.6. The molecule has 0 spiro atoms. The van der Waals surface area contributed by atoms with Gasteiger partial charge in [-0.3, -0.25) is 19.1 Å². The minimum Gasteiger partial charge on any atom is -0.404 e. The number of hydrogen-bond acceptors (Lipinski definition) is 9. The molecule has 13 nitrogen and oxygen atoms in total. The Labute approximate surface area is 379 Å². The van der Waals surface area contributed by atoms with Crippen LogP contribution < -0.4 is 16.6 Å². The first-order valence-electron chi connectivity index (χ1n) is 21.0. The van der Waals surface area contributed by atoms with Crippen molar-refractivity contribution in [2.24, 2.45) is 32.5 Å². The van der Waals surface area contributed by atoms with Crippen LogP contribution in [0.25, 0.3) is 17.0 Å². The van der Waals surface area contributed by atoms with Crippen LogP contribution in [0.1, 0.15) is 96.9 Å². The second kappa shape index (κ2) is 22.9. The molecular formula is C45H56F6N10O3S. The van der Waals surface area contributed by atoms with Crippen LogP contribution in [-0.4, -0.2) is 79.7 Å². The fourth-order valence-electron chi connectivity index (χ4n) is 7.00. The highest BCUT2D eigenvalue weighted by Gasteiger charge is 2.41. The van der Waals surface area contributed by atoms with Crippen LogP contribution in [-0.2, 0) is 28.2 Å². The van der Waals surface area contributed by atoms with Gasteiger partial charge in [0, 0.05) is 43.1 Å². The first kappa shape index (κ1) is 51.8. The van der Waals surface area contributed by atoms with Crippen LogP contribution in [0.15, 0.2) is 85.8 Å². The first-order chi connectivity index (χ1) is 30.7. The molecule has 1 fully saturated rings. The number of alkyl halides is 5. The van der Waals surface area contributed by atoms with Crippen LogP contribution in [0.5, 0.6) is 0 Å². The molecule has 0 saturated heterocycles. The van der Waals surface area contributed by atoms with Crippen molar-refractivity contribution in [1.29, 1.82) is 0 Å². The van der Waals surface area contributed by atoms with Crippen LogP contribution in [0.3, 0.4) is 0 Å². The van der Waals surface area contributed by atoms with Gasteiger partial charge in [-0.15, -0.1) is 0 Å². The average molecular weight is 931 g/mol. The van der Waals surface area contributed by atoms with E-state index in [1.165, 1.54) is 30.9 Å². The summed E-state index contributed by atoms with van der Waals surface area (Å²) in [6, 6.07) is 6.77. The highest BCUT2D eigenvalue weighted by atomic mass is 32.1. The van der Waals surface area contributed by atoms with E-state index in [0.717, 1.165) is 46.0 Å². The molecule has 2 amide bonds. The summed E-state index contributed by atoms with van der Waals surface area (Å²) in [7, 11) is 0. The van der Waals surface area contributed by atoms with E-state index in [0.29, 0.717) is 41.8 Å². The Balaban J connectivity index is 1.55. The van der Waals surface area contributed by atoms with Gasteiger partial charge in [-0.05, 0) is 112 Å². The van der Waals surface area contributed by atoms with Crippen molar-refractivity contribution in [2.75, 3.05) is 6.54 Å². The van der Waals surface area contributed by atoms with Crippen LogP contribution >= 0.6 is 12.6 Å². The van der Waals surface area contributed by atoms with E-state index >= 15 is 4.39 Å². The van der Waals surface area contributed by atoms with Crippen molar-refractivity contribution in [3.8, 4) is 11.4 Å². The number of rotatable bonds is 21.